The molecule has 0 bridgehead atoms. The summed E-state index contributed by atoms with van der Waals surface area (Å²) in [6.07, 6.45) is 4.25. The predicted molar refractivity (Wildman–Crippen MR) is 113 cm³/mol. The molecule has 2 aromatic carbocycles. The lowest BCUT2D eigenvalue weighted by molar-refractivity contribution is 0.581. The van der Waals surface area contributed by atoms with Crippen LogP contribution >= 0.6 is 0 Å². The molecule has 0 radical (unpaired) electrons. The van der Waals surface area contributed by atoms with Crippen molar-refractivity contribution in [2.75, 3.05) is 0 Å². The zero-order valence-electron chi connectivity index (χ0n) is 16.0. The van der Waals surface area contributed by atoms with Gasteiger partial charge in [0, 0.05) is 11.3 Å². The summed E-state index contributed by atoms with van der Waals surface area (Å²) in [5.41, 5.74) is 5.42. The minimum Gasteiger partial charge on any atom is -0.322 e. The molecule has 2 heterocycles. The highest BCUT2D eigenvalue weighted by atomic mass is 16.1. The fourth-order valence-electron chi connectivity index (χ4n) is 4.49. The molecule has 1 atom stereocenters. The Morgan fingerprint density at radius 2 is 1.64 bits per heavy atom. The molecule has 4 aromatic rings. The Morgan fingerprint density at radius 3 is 2.39 bits per heavy atom. The second-order valence-corrected chi connectivity index (χ2v) is 7.57. The Kier molecular flexibility index (Phi) is 4.12. The van der Waals surface area contributed by atoms with E-state index in [-0.39, 0.29) is 11.6 Å². The summed E-state index contributed by atoms with van der Waals surface area (Å²) >= 11 is 0. The molecule has 0 amide bonds. The van der Waals surface area contributed by atoms with Gasteiger partial charge in [0.1, 0.15) is 11.5 Å². The molecule has 5 rings (SSSR count). The third kappa shape index (κ3) is 2.68. The van der Waals surface area contributed by atoms with Crippen LogP contribution in [-0.4, -0.2) is 14.5 Å². The number of aromatic amines is 1. The number of rotatable bonds is 3. The maximum atomic E-state index is 13.1. The van der Waals surface area contributed by atoms with E-state index in [0.29, 0.717) is 5.82 Å². The number of fused-ring (bicyclic) bond motifs is 3. The Hall–Kier alpha value is -3.14. The summed E-state index contributed by atoms with van der Waals surface area (Å²) in [4.78, 5) is 21.1. The summed E-state index contributed by atoms with van der Waals surface area (Å²) in [6.45, 7) is 2.20. The van der Waals surface area contributed by atoms with Crippen molar-refractivity contribution < 1.29 is 0 Å². The van der Waals surface area contributed by atoms with Crippen molar-refractivity contribution in [1.82, 2.24) is 14.5 Å². The SMILES string of the molecule is C[C@H](c1ccccc1)n1c2c(c3c(=O)[nH]c(-c4ccccc4)nc31)CCCC2. The van der Waals surface area contributed by atoms with Crippen molar-refractivity contribution in [3.05, 3.63) is 87.8 Å². The lowest BCUT2D eigenvalue weighted by Gasteiger charge is -2.21. The molecule has 1 aliphatic carbocycles. The average Bonchev–Trinajstić information content (AvgIpc) is 3.09. The smallest absolute Gasteiger partial charge is 0.260 e. The largest absolute Gasteiger partial charge is 0.322 e. The molecule has 1 aliphatic rings. The lowest BCUT2D eigenvalue weighted by Crippen LogP contribution is -2.14. The van der Waals surface area contributed by atoms with Crippen molar-refractivity contribution in [2.24, 2.45) is 0 Å². The molecule has 0 saturated carbocycles. The number of hydrogen-bond acceptors (Lipinski definition) is 2. The van der Waals surface area contributed by atoms with Crippen LogP contribution in [0.25, 0.3) is 22.4 Å². The van der Waals surface area contributed by atoms with E-state index in [1.54, 1.807) is 0 Å². The maximum absolute atomic E-state index is 13.1. The normalized spacial score (nSPS) is 14.8. The first-order chi connectivity index (χ1) is 13.7. The predicted octanol–water partition coefficient (Wildman–Crippen LogP) is 4.88. The molecule has 1 N–H and O–H groups in total. The van der Waals surface area contributed by atoms with Crippen molar-refractivity contribution >= 4 is 11.0 Å². The van der Waals surface area contributed by atoms with Crippen LogP contribution in [0.1, 0.15) is 42.6 Å². The molecule has 0 aliphatic heterocycles. The van der Waals surface area contributed by atoms with E-state index < -0.39 is 0 Å². The van der Waals surface area contributed by atoms with Gasteiger partial charge in [-0.25, -0.2) is 4.98 Å². The van der Waals surface area contributed by atoms with E-state index in [1.807, 2.05) is 36.4 Å². The molecular weight excluding hydrogens is 346 g/mol. The third-order valence-electron chi connectivity index (χ3n) is 5.88. The molecule has 0 fully saturated rings. The Balaban J connectivity index is 1.80. The topological polar surface area (TPSA) is 50.7 Å². The van der Waals surface area contributed by atoms with Crippen molar-refractivity contribution in [3.8, 4) is 11.4 Å². The first kappa shape index (κ1) is 17.0. The van der Waals surface area contributed by atoms with Gasteiger partial charge in [0.15, 0.2) is 0 Å². The zero-order valence-corrected chi connectivity index (χ0v) is 16.0. The summed E-state index contributed by atoms with van der Waals surface area (Å²) in [5, 5.41) is 0.775. The van der Waals surface area contributed by atoms with Gasteiger partial charge in [-0.3, -0.25) is 4.79 Å². The fraction of sp³-hybridized carbons (Fsp3) is 0.250. The van der Waals surface area contributed by atoms with Crippen LogP contribution in [-0.2, 0) is 12.8 Å². The number of nitrogens with one attached hydrogen (secondary N) is 1. The van der Waals surface area contributed by atoms with Gasteiger partial charge < -0.3 is 9.55 Å². The molecule has 140 valence electrons. The van der Waals surface area contributed by atoms with Gasteiger partial charge in [-0.15, -0.1) is 0 Å². The van der Waals surface area contributed by atoms with Crippen LogP contribution in [0, 0.1) is 0 Å². The number of nitrogens with zero attached hydrogens (tertiary/aromatic N) is 2. The molecule has 2 aromatic heterocycles. The summed E-state index contributed by atoms with van der Waals surface area (Å²) in [5.74, 6) is 0.634. The average molecular weight is 369 g/mol. The Bertz CT molecular complexity index is 1190. The number of aromatic nitrogens is 3. The minimum atomic E-state index is -0.0268. The van der Waals surface area contributed by atoms with Gasteiger partial charge in [-0.2, -0.15) is 0 Å². The second-order valence-electron chi connectivity index (χ2n) is 7.57. The fourth-order valence-corrected chi connectivity index (χ4v) is 4.49. The quantitative estimate of drug-likeness (QED) is 0.559. The second kappa shape index (κ2) is 6.79. The van der Waals surface area contributed by atoms with E-state index in [4.69, 9.17) is 4.98 Å². The van der Waals surface area contributed by atoms with Gasteiger partial charge in [0.05, 0.1) is 11.4 Å². The van der Waals surface area contributed by atoms with E-state index in [1.165, 1.54) is 16.8 Å². The molecule has 0 saturated heterocycles. The molecule has 4 heteroatoms. The molecule has 28 heavy (non-hydrogen) atoms. The first-order valence-corrected chi connectivity index (χ1v) is 10.0. The highest BCUT2D eigenvalue weighted by molar-refractivity contribution is 5.83. The monoisotopic (exact) mass is 369 g/mol. The maximum Gasteiger partial charge on any atom is 0.260 e. The van der Waals surface area contributed by atoms with Crippen molar-refractivity contribution in [2.45, 2.75) is 38.6 Å². The van der Waals surface area contributed by atoms with E-state index in [2.05, 4.69) is 40.7 Å². The van der Waals surface area contributed by atoms with Crippen LogP contribution in [0.5, 0.6) is 0 Å². The summed E-state index contributed by atoms with van der Waals surface area (Å²) in [6, 6.07) is 20.5. The Morgan fingerprint density at radius 1 is 0.964 bits per heavy atom. The zero-order chi connectivity index (χ0) is 19.1. The van der Waals surface area contributed by atoms with Crippen molar-refractivity contribution in [1.29, 1.82) is 0 Å². The molecule has 0 spiro atoms. The van der Waals surface area contributed by atoms with Crippen LogP contribution in [0.2, 0.25) is 0 Å². The minimum absolute atomic E-state index is 0.0268. The Labute approximate surface area is 163 Å². The molecular formula is C24H23N3O. The van der Waals surface area contributed by atoms with Crippen LogP contribution in [0.4, 0.5) is 0 Å². The molecule has 4 nitrogen and oxygen atoms in total. The first-order valence-electron chi connectivity index (χ1n) is 10.0. The van der Waals surface area contributed by atoms with Gasteiger partial charge in [0.2, 0.25) is 0 Å². The van der Waals surface area contributed by atoms with Crippen LogP contribution in [0.3, 0.4) is 0 Å². The number of benzene rings is 2. The highest BCUT2D eigenvalue weighted by Gasteiger charge is 2.26. The summed E-state index contributed by atoms with van der Waals surface area (Å²) in [7, 11) is 0. The number of H-pyrrole nitrogens is 1. The number of hydrogen-bond donors (Lipinski definition) is 1. The summed E-state index contributed by atoms with van der Waals surface area (Å²) < 4.78 is 2.31. The number of aryl methyl sites for hydroxylation is 1. The van der Waals surface area contributed by atoms with Gasteiger partial charge in [0.25, 0.3) is 5.56 Å². The van der Waals surface area contributed by atoms with Crippen LogP contribution in [0.15, 0.2) is 65.5 Å². The van der Waals surface area contributed by atoms with Gasteiger partial charge >= 0.3 is 0 Å². The van der Waals surface area contributed by atoms with Gasteiger partial charge in [-0.1, -0.05) is 60.7 Å². The third-order valence-corrected chi connectivity index (χ3v) is 5.88. The standard InChI is InChI=1S/C24H23N3O/c1-16(17-10-4-2-5-11-17)27-20-15-9-8-14-19(20)21-23(27)25-22(26-24(21)28)18-12-6-3-7-13-18/h2-7,10-13,16H,8-9,14-15H2,1H3,(H,25,26,28)/t16-/m1/s1. The van der Waals surface area contributed by atoms with Crippen LogP contribution < -0.4 is 5.56 Å². The van der Waals surface area contributed by atoms with E-state index in [0.717, 1.165) is 42.3 Å². The van der Waals surface area contributed by atoms with Gasteiger partial charge in [-0.05, 0) is 43.7 Å². The van der Waals surface area contributed by atoms with E-state index in [9.17, 15) is 4.79 Å². The molecule has 0 unspecified atom stereocenters. The van der Waals surface area contributed by atoms with Crippen molar-refractivity contribution in [3.63, 3.8) is 0 Å². The lowest BCUT2D eigenvalue weighted by atomic mass is 9.96. The van der Waals surface area contributed by atoms with E-state index >= 15 is 0 Å². The highest BCUT2D eigenvalue weighted by Crippen LogP contribution is 2.34.